The molecule has 1 aromatic carbocycles. The van der Waals surface area contributed by atoms with Crippen LogP contribution in [0.1, 0.15) is 10.4 Å². The number of fused-ring (bicyclic) bond motifs is 1. The molecule has 2 nitrogen and oxygen atoms in total. The van der Waals surface area contributed by atoms with Gasteiger partial charge in [0.1, 0.15) is 0 Å². The number of benzene rings is 1. The highest BCUT2D eigenvalue weighted by Crippen LogP contribution is 2.35. The second-order valence-electron chi connectivity index (χ2n) is 4.81. The standard InChI is InChI=1S/C16H13F3N2S/c17-16(18,19)13-5-1-4-12-14(7-9-21-15(12)13)20-8-6-11-3-2-10-22-11/h1-5,7,9-10H,6,8H2,(H,20,21). The summed E-state index contributed by atoms with van der Waals surface area (Å²) >= 11 is 1.67. The number of halogens is 3. The van der Waals surface area contributed by atoms with Gasteiger partial charge < -0.3 is 5.32 Å². The van der Waals surface area contributed by atoms with Crippen molar-refractivity contribution >= 4 is 27.9 Å². The Kier molecular flexibility index (Phi) is 4.02. The van der Waals surface area contributed by atoms with Gasteiger partial charge >= 0.3 is 6.18 Å². The lowest BCUT2D eigenvalue weighted by Gasteiger charge is -2.13. The van der Waals surface area contributed by atoms with Crippen LogP contribution in [0.4, 0.5) is 18.9 Å². The minimum atomic E-state index is -4.40. The molecule has 0 radical (unpaired) electrons. The number of alkyl halides is 3. The molecule has 6 heteroatoms. The van der Waals surface area contributed by atoms with Crippen LogP contribution in [-0.2, 0) is 12.6 Å². The van der Waals surface area contributed by atoms with Crippen LogP contribution in [0, 0.1) is 0 Å². The van der Waals surface area contributed by atoms with Gasteiger partial charge in [0.15, 0.2) is 0 Å². The SMILES string of the molecule is FC(F)(F)c1cccc2c(NCCc3cccs3)ccnc12. The number of para-hydroxylation sites is 1. The van der Waals surface area contributed by atoms with Gasteiger partial charge in [-0.3, -0.25) is 4.98 Å². The van der Waals surface area contributed by atoms with Crippen LogP contribution in [0.15, 0.2) is 48.0 Å². The first-order chi connectivity index (χ1) is 10.6. The van der Waals surface area contributed by atoms with E-state index in [-0.39, 0.29) is 5.52 Å². The number of hydrogen-bond donors (Lipinski definition) is 1. The number of aromatic nitrogens is 1. The van der Waals surface area contributed by atoms with E-state index in [4.69, 9.17) is 0 Å². The van der Waals surface area contributed by atoms with Crippen molar-refractivity contribution in [3.63, 3.8) is 0 Å². The molecule has 0 unspecified atom stereocenters. The summed E-state index contributed by atoms with van der Waals surface area (Å²) in [7, 11) is 0. The Bertz CT molecular complexity index is 767. The number of nitrogens with zero attached hydrogens (tertiary/aromatic N) is 1. The van der Waals surface area contributed by atoms with E-state index >= 15 is 0 Å². The monoisotopic (exact) mass is 322 g/mol. The first kappa shape index (κ1) is 14.8. The summed E-state index contributed by atoms with van der Waals surface area (Å²) in [6.45, 7) is 0.663. The van der Waals surface area contributed by atoms with Gasteiger partial charge in [0.2, 0.25) is 0 Å². The number of pyridine rings is 1. The Labute approximate surface area is 129 Å². The molecule has 0 atom stereocenters. The molecule has 0 aliphatic carbocycles. The summed E-state index contributed by atoms with van der Waals surface area (Å²) in [4.78, 5) is 5.15. The number of hydrogen-bond acceptors (Lipinski definition) is 3. The Hall–Kier alpha value is -2.08. The zero-order chi connectivity index (χ0) is 15.6. The normalized spacial score (nSPS) is 11.8. The fraction of sp³-hybridized carbons (Fsp3) is 0.188. The molecule has 2 heterocycles. The maximum atomic E-state index is 13.0. The molecule has 0 aliphatic rings. The predicted octanol–water partition coefficient (Wildman–Crippen LogP) is 4.97. The van der Waals surface area contributed by atoms with Gasteiger partial charge in [-0.1, -0.05) is 18.2 Å². The van der Waals surface area contributed by atoms with E-state index in [2.05, 4.69) is 10.3 Å². The van der Waals surface area contributed by atoms with Crippen molar-refractivity contribution in [1.29, 1.82) is 0 Å². The molecular weight excluding hydrogens is 309 g/mol. The molecule has 0 aliphatic heterocycles. The lowest BCUT2D eigenvalue weighted by Crippen LogP contribution is -2.08. The zero-order valence-electron chi connectivity index (χ0n) is 11.5. The molecule has 22 heavy (non-hydrogen) atoms. The van der Waals surface area contributed by atoms with Crippen LogP contribution in [0.25, 0.3) is 10.9 Å². The fourth-order valence-corrected chi connectivity index (χ4v) is 3.04. The number of nitrogens with one attached hydrogen (secondary N) is 1. The highest BCUT2D eigenvalue weighted by atomic mass is 32.1. The van der Waals surface area contributed by atoms with E-state index in [0.717, 1.165) is 12.5 Å². The van der Waals surface area contributed by atoms with E-state index in [1.54, 1.807) is 23.5 Å². The van der Waals surface area contributed by atoms with Gasteiger partial charge in [0, 0.05) is 28.7 Å². The molecule has 2 aromatic heterocycles. The second kappa shape index (κ2) is 5.96. The lowest BCUT2D eigenvalue weighted by atomic mass is 10.1. The van der Waals surface area contributed by atoms with Crippen molar-refractivity contribution < 1.29 is 13.2 Å². The van der Waals surface area contributed by atoms with Gasteiger partial charge in [-0.25, -0.2) is 0 Å². The molecule has 0 spiro atoms. The molecule has 3 rings (SSSR count). The Morgan fingerprint density at radius 3 is 2.68 bits per heavy atom. The van der Waals surface area contributed by atoms with Crippen LogP contribution in [0.5, 0.6) is 0 Å². The van der Waals surface area contributed by atoms with Crippen LogP contribution in [0.2, 0.25) is 0 Å². The molecule has 0 fully saturated rings. The largest absolute Gasteiger partial charge is 0.418 e. The van der Waals surface area contributed by atoms with Crippen molar-refractivity contribution in [3.05, 3.63) is 58.4 Å². The van der Waals surface area contributed by atoms with Crippen molar-refractivity contribution in [2.45, 2.75) is 12.6 Å². The van der Waals surface area contributed by atoms with Crippen LogP contribution < -0.4 is 5.32 Å². The van der Waals surface area contributed by atoms with Gasteiger partial charge in [0.25, 0.3) is 0 Å². The Morgan fingerprint density at radius 2 is 1.95 bits per heavy atom. The van der Waals surface area contributed by atoms with Gasteiger partial charge in [-0.2, -0.15) is 13.2 Å². The van der Waals surface area contributed by atoms with Gasteiger partial charge in [-0.15, -0.1) is 11.3 Å². The average Bonchev–Trinajstić information content (AvgIpc) is 2.99. The molecule has 0 amide bonds. The smallest absolute Gasteiger partial charge is 0.384 e. The quantitative estimate of drug-likeness (QED) is 0.733. The second-order valence-corrected chi connectivity index (χ2v) is 5.85. The van der Waals surface area contributed by atoms with Crippen molar-refractivity contribution in [3.8, 4) is 0 Å². The predicted molar refractivity (Wildman–Crippen MR) is 83.3 cm³/mol. The maximum absolute atomic E-state index is 13.0. The first-order valence-corrected chi connectivity index (χ1v) is 7.65. The summed E-state index contributed by atoms with van der Waals surface area (Å²) in [5.74, 6) is 0. The highest BCUT2D eigenvalue weighted by molar-refractivity contribution is 7.09. The fourth-order valence-electron chi connectivity index (χ4n) is 2.33. The van der Waals surface area contributed by atoms with E-state index in [0.29, 0.717) is 17.6 Å². The zero-order valence-corrected chi connectivity index (χ0v) is 12.3. The van der Waals surface area contributed by atoms with Crippen LogP contribution in [-0.4, -0.2) is 11.5 Å². The Balaban J connectivity index is 1.87. The Morgan fingerprint density at radius 1 is 1.09 bits per heavy atom. The maximum Gasteiger partial charge on any atom is 0.418 e. The van der Waals surface area contributed by atoms with E-state index < -0.39 is 11.7 Å². The third-order valence-corrected chi connectivity index (χ3v) is 4.28. The van der Waals surface area contributed by atoms with Crippen molar-refractivity contribution in [2.75, 3.05) is 11.9 Å². The molecule has 0 saturated heterocycles. The van der Waals surface area contributed by atoms with Crippen LogP contribution >= 0.6 is 11.3 Å². The highest BCUT2D eigenvalue weighted by Gasteiger charge is 2.33. The van der Waals surface area contributed by atoms with E-state index in [9.17, 15) is 13.2 Å². The summed E-state index contributed by atoms with van der Waals surface area (Å²) in [5, 5.41) is 5.70. The van der Waals surface area contributed by atoms with Gasteiger partial charge in [0.05, 0.1) is 11.1 Å². The minimum absolute atomic E-state index is 0.0175. The molecular formula is C16H13F3N2S. The number of rotatable bonds is 4. The molecule has 0 bridgehead atoms. The summed E-state index contributed by atoms with van der Waals surface area (Å²) < 4.78 is 39.1. The summed E-state index contributed by atoms with van der Waals surface area (Å²) in [6.07, 6.45) is -2.16. The van der Waals surface area contributed by atoms with E-state index in [1.807, 2.05) is 17.5 Å². The third kappa shape index (κ3) is 3.06. The minimum Gasteiger partial charge on any atom is -0.384 e. The molecule has 114 valence electrons. The lowest BCUT2D eigenvalue weighted by molar-refractivity contribution is -0.136. The molecule has 1 N–H and O–H groups in total. The first-order valence-electron chi connectivity index (χ1n) is 6.77. The number of anilines is 1. The third-order valence-electron chi connectivity index (χ3n) is 3.34. The number of thiophene rings is 1. The molecule has 3 aromatic rings. The topological polar surface area (TPSA) is 24.9 Å². The average molecular weight is 322 g/mol. The molecule has 0 saturated carbocycles. The summed E-state index contributed by atoms with van der Waals surface area (Å²) in [5.41, 5.74) is -0.0457. The summed E-state index contributed by atoms with van der Waals surface area (Å²) in [6, 6.07) is 9.86. The van der Waals surface area contributed by atoms with Crippen molar-refractivity contribution in [1.82, 2.24) is 4.98 Å². The van der Waals surface area contributed by atoms with Crippen LogP contribution in [0.3, 0.4) is 0 Å². The van der Waals surface area contributed by atoms with Gasteiger partial charge in [-0.05, 0) is 30.0 Å². The van der Waals surface area contributed by atoms with Crippen molar-refractivity contribution in [2.24, 2.45) is 0 Å². The van der Waals surface area contributed by atoms with E-state index in [1.165, 1.54) is 17.1 Å².